The number of ether oxygens (including phenoxy) is 2. The van der Waals surface area contributed by atoms with Gasteiger partial charge in [0.2, 0.25) is 0 Å². The van der Waals surface area contributed by atoms with Gasteiger partial charge < -0.3 is 35.0 Å². The normalized spacial score (nSPS) is 16.0. The summed E-state index contributed by atoms with van der Waals surface area (Å²) in [5.74, 6) is -2.42. The molecule has 0 rings (SSSR count). The van der Waals surface area contributed by atoms with Gasteiger partial charge in [0.15, 0.2) is 0 Å². The minimum Gasteiger partial charge on any atom is -0.481 e. The topological polar surface area (TPSA) is 171 Å². The summed E-state index contributed by atoms with van der Waals surface area (Å²) < 4.78 is 11.0. The highest BCUT2D eigenvalue weighted by atomic mass is 16.5. The van der Waals surface area contributed by atoms with Crippen LogP contribution in [0.5, 0.6) is 0 Å². The average molecular weight is 577 g/mol. The molecule has 6 atom stereocenters. The van der Waals surface area contributed by atoms with E-state index in [1.54, 1.807) is 0 Å². The standard InChI is InChI=1S/C30H56O10/c1-4-7-10-13-22(31)16-23(32)20-29(37)40-27(15-12-9-6-3)18-25(34)21-30(38)39-26(14-11-8-5-2)17-24(33)19-28(35)36/h22-27,31-34H,4-21H2,1-3H3,(H,35,36)/t22-,23-,24-,25-,26-,27-/m1/s1. The zero-order valence-electron chi connectivity index (χ0n) is 25.0. The first-order valence-corrected chi connectivity index (χ1v) is 15.3. The maximum Gasteiger partial charge on any atom is 0.308 e. The number of esters is 2. The van der Waals surface area contributed by atoms with Crippen molar-refractivity contribution in [2.24, 2.45) is 0 Å². The molecule has 0 aromatic carbocycles. The predicted octanol–water partition coefficient (Wildman–Crippen LogP) is 4.42. The lowest BCUT2D eigenvalue weighted by Gasteiger charge is -2.23. The van der Waals surface area contributed by atoms with Crippen molar-refractivity contribution in [3.05, 3.63) is 0 Å². The van der Waals surface area contributed by atoms with Crippen LogP contribution in [0.3, 0.4) is 0 Å². The summed E-state index contributed by atoms with van der Waals surface area (Å²) in [6.45, 7) is 6.13. The molecule has 0 radical (unpaired) electrons. The third-order valence-corrected chi connectivity index (χ3v) is 6.83. The van der Waals surface area contributed by atoms with Crippen LogP contribution >= 0.6 is 0 Å². The Morgan fingerprint density at radius 3 is 1.30 bits per heavy atom. The second-order valence-corrected chi connectivity index (χ2v) is 11.0. The number of carbonyl (C=O) groups is 3. The molecule has 0 aromatic heterocycles. The Morgan fingerprint density at radius 2 is 0.900 bits per heavy atom. The Kier molecular flexibility index (Phi) is 22.9. The Balaban J connectivity index is 4.91. The fourth-order valence-electron chi connectivity index (χ4n) is 4.67. The van der Waals surface area contributed by atoms with Gasteiger partial charge in [-0.2, -0.15) is 0 Å². The minimum absolute atomic E-state index is 0.00470. The van der Waals surface area contributed by atoms with Crippen LogP contribution < -0.4 is 0 Å². The second kappa shape index (κ2) is 23.9. The van der Waals surface area contributed by atoms with Gasteiger partial charge in [-0.25, -0.2) is 0 Å². The second-order valence-electron chi connectivity index (χ2n) is 11.0. The Labute approximate surface area is 240 Å². The van der Waals surface area contributed by atoms with E-state index in [9.17, 15) is 34.8 Å². The molecule has 0 aromatic rings. The number of carbonyl (C=O) groups excluding carboxylic acids is 2. The van der Waals surface area contributed by atoms with E-state index < -0.39 is 61.0 Å². The third-order valence-electron chi connectivity index (χ3n) is 6.83. The van der Waals surface area contributed by atoms with E-state index in [4.69, 9.17) is 14.6 Å². The Hall–Kier alpha value is -1.75. The van der Waals surface area contributed by atoms with Crippen molar-refractivity contribution in [3.63, 3.8) is 0 Å². The third kappa shape index (κ3) is 22.0. The van der Waals surface area contributed by atoms with Gasteiger partial charge in [-0.15, -0.1) is 0 Å². The Bertz CT molecular complexity index is 671. The number of hydrogen-bond donors (Lipinski definition) is 5. The van der Waals surface area contributed by atoms with E-state index in [2.05, 4.69) is 6.92 Å². The summed E-state index contributed by atoms with van der Waals surface area (Å²) in [5.41, 5.74) is 0. The molecule has 10 nitrogen and oxygen atoms in total. The zero-order chi connectivity index (χ0) is 30.3. The minimum atomic E-state index is -1.14. The molecule has 0 saturated carbocycles. The fourth-order valence-corrected chi connectivity index (χ4v) is 4.67. The van der Waals surface area contributed by atoms with E-state index >= 15 is 0 Å². The van der Waals surface area contributed by atoms with Gasteiger partial charge in [0.25, 0.3) is 0 Å². The highest BCUT2D eigenvalue weighted by Crippen LogP contribution is 2.19. The molecule has 5 N–H and O–H groups in total. The molecule has 0 heterocycles. The van der Waals surface area contributed by atoms with Crippen LogP contribution in [0.1, 0.15) is 136 Å². The molecule has 0 unspecified atom stereocenters. The number of aliphatic carboxylic acids is 1. The highest BCUT2D eigenvalue weighted by molar-refractivity contribution is 5.71. The predicted molar refractivity (Wildman–Crippen MR) is 152 cm³/mol. The van der Waals surface area contributed by atoms with Crippen LogP contribution in [-0.4, -0.2) is 80.1 Å². The van der Waals surface area contributed by atoms with Crippen molar-refractivity contribution in [1.82, 2.24) is 0 Å². The first kappa shape index (κ1) is 38.2. The summed E-state index contributed by atoms with van der Waals surface area (Å²) in [4.78, 5) is 35.9. The molecule has 40 heavy (non-hydrogen) atoms. The fraction of sp³-hybridized carbons (Fsp3) is 0.900. The lowest BCUT2D eigenvalue weighted by molar-refractivity contribution is -0.155. The summed E-state index contributed by atoms with van der Waals surface area (Å²) >= 11 is 0. The molecule has 0 aliphatic carbocycles. The molecule has 0 aliphatic rings. The number of unbranched alkanes of at least 4 members (excludes halogenated alkanes) is 6. The number of carboxylic acid groups (broad SMARTS) is 1. The lowest BCUT2D eigenvalue weighted by Crippen LogP contribution is -2.30. The molecule has 0 fully saturated rings. The summed E-state index contributed by atoms with van der Waals surface area (Å²) in [7, 11) is 0. The van der Waals surface area contributed by atoms with E-state index in [1.807, 2.05) is 13.8 Å². The summed E-state index contributed by atoms with van der Waals surface area (Å²) in [5, 5.41) is 49.8. The van der Waals surface area contributed by atoms with Crippen molar-refractivity contribution in [1.29, 1.82) is 0 Å². The van der Waals surface area contributed by atoms with Gasteiger partial charge >= 0.3 is 17.9 Å². The van der Waals surface area contributed by atoms with E-state index in [0.29, 0.717) is 19.3 Å². The highest BCUT2D eigenvalue weighted by Gasteiger charge is 2.25. The van der Waals surface area contributed by atoms with Crippen molar-refractivity contribution in [3.8, 4) is 0 Å². The van der Waals surface area contributed by atoms with Crippen molar-refractivity contribution >= 4 is 17.9 Å². The van der Waals surface area contributed by atoms with E-state index in [-0.39, 0.29) is 32.1 Å². The van der Waals surface area contributed by atoms with Gasteiger partial charge in [0.1, 0.15) is 12.2 Å². The van der Waals surface area contributed by atoms with Gasteiger partial charge in [0, 0.05) is 12.8 Å². The molecular formula is C30H56O10. The smallest absolute Gasteiger partial charge is 0.308 e. The van der Waals surface area contributed by atoms with Crippen LogP contribution in [0.4, 0.5) is 0 Å². The van der Waals surface area contributed by atoms with Crippen LogP contribution in [0, 0.1) is 0 Å². The molecular weight excluding hydrogens is 520 g/mol. The first-order chi connectivity index (χ1) is 19.0. The largest absolute Gasteiger partial charge is 0.481 e. The zero-order valence-corrected chi connectivity index (χ0v) is 25.0. The number of aliphatic hydroxyl groups is 4. The number of carboxylic acids is 1. The van der Waals surface area contributed by atoms with Crippen molar-refractivity contribution < 1.29 is 49.4 Å². The maximum atomic E-state index is 12.6. The molecule has 236 valence electrons. The molecule has 10 heteroatoms. The van der Waals surface area contributed by atoms with Gasteiger partial charge in [0.05, 0.1) is 43.7 Å². The van der Waals surface area contributed by atoms with Gasteiger partial charge in [-0.1, -0.05) is 65.7 Å². The molecule has 0 spiro atoms. The van der Waals surface area contributed by atoms with Crippen LogP contribution in [0.15, 0.2) is 0 Å². The van der Waals surface area contributed by atoms with Crippen LogP contribution in [0.2, 0.25) is 0 Å². The molecule has 0 aliphatic heterocycles. The van der Waals surface area contributed by atoms with Gasteiger partial charge in [-0.3, -0.25) is 14.4 Å². The van der Waals surface area contributed by atoms with Gasteiger partial charge in [-0.05, 0) is 38.5 Å². The molecule has 0 saturated heterocycles. The first-order valence-electron chi connectivity index (χ1n) is 15.3. The number of rotatable bonds is 26. The Morgan fingerprint density at radius 1 is 0.525 bits per heavy atom. The molecule has 0 bridgehead atoms. The SMILES string of the molecule is CCCCC[C@@H](O)C[C@@H](O)CC(=O)O[C@H](CCCCC)C[C@@H](O)CC(=O)O[C@H](CCCCC)C[C@@H](O)CC(=O)O. The van der Waals surface area contributed by atoms with Crippen molar-refractivity contribution in [2.75, 3.05) is 0 Å². The summed E-state index contributed by atoms with van der Waals surface area (Å²) in [6, 6.07) is 0. The lowest BCUT2D eigenvalue weighted by atomic mass is 10.0. The average Bonchev–Trinajstić information content (AvgIpc) is 2.83. The number of hydrogen-bond acceptors (Lipinski definition) is 9. The maximum absolute atomic E-state index is 12.6. The summed E-state index contributed by atoms with van der Waals surface area (Å²) in [6.07, 6.45) is 3.52. The van der Waals surface area contributed by atoms with Crippen molar-refractivity contribution in [2.45, 2.75) is 173 Å². The molecule has 0 amide bonds. The number of aliphatic hydroxyl groups excluding tert-OH is 4. The monoisotopic (exact) mass is 576 g/mol. The van der Waals surface area contributed by atoms with Crippen LogP contribution in [0.25, 0.3) is 0 Å². The quantitative estimate of drug-likeness (QED) is 0.0733. The van der Waals surface area contributed by atoms with Crippen LogP contribution in [-0.2, 0) is 23.9 Å². The van der Waals surface area contributed by atoms with E-state index in [1.165, 1.54) is 0 Å². The van der Waals surface area contributed by atoms with E-state index in [0.717, 1.165) is 57.8 Å².